The molecular weight excluding hydrogens is 386 g/mol. The number of nitro benzene ring substituents is 1. The number of thiophene rings is 1. The number of benzene rings is 1. The number of anilines is 1. The maximum Gasteiger partial charge on any atom is 0.269 e. The first-order valence-electron chi connectivity index (χ1n) is 8.13. The topological polar surface area (TPSA) is 103 Å². The third-order valence-electron chi connectivity index (χ3n) is 3.72. The third-order valence-corrected chi connectivity index (χ3v) is 5.54. The van der Waals surface area contributed by atoms with Gasteiger partial charge in [0.2, 0.25) is 5.91 Å². The van der Waals surface area contributed by atoms with E-state index in [1.165, 1.54) is 40.9 Å². The van der Waals surface area contributed by atoms with Crippen LogP contribution in [0, 0.1) is 17.0 Å². The molecule has 8 nitrogen and oxygen atoms in total. The maximum absolute atomic E-state index is 12.2. The number of carbonyl (C=O) groups is 1. The number of aromatic nitrogens is 3. The Bertz CT molecular complexity index is 965. The molecular formula is C17H17N5O3S2. The number of aryl methyl sites for hydroxylation is 1. The van der Waals surface area contributed by atoms with Gasteiger partial charge in [0.05, 0.1) is 10.7 Å². The van der Waals surface area contributed by atoms with Gasteiger partial charge in [-0.2, -0.15) is 0 Å². The Morgan fingerprint density at radius 3 is 2.67 bits per heavy atom. The molecule has 10 heteroatoms. The van der Waals surface area contributed by atoms with Crippen LogP contribution in [0.3, 0.4) is 0 Å². The van der Waals surface area contributed by atoms with Crippen molar-refractivity contribution in [3.05, 3.63) is 50.7 Å². The fourth-order valence-electron chi connectivity index (χ4n) is 2.45. The lowest BCUT2D eigenvalue weighted by atomic mass is 10.3. The van der Waals surface area contributed by atoms with Crippen molar-refractivity contribution in [1.82, 2.24) is 14.8 Å². The molecule has 3 aromatic rings. The molecule has 0 saturated heterocycles. The highest BCUT2D eigenvalue weighted by atomic mass is 32.2. The average molecular weight is 403 g/mol. The second-order valence-corrected chi connectivity index (χ2v) is 7.70. The Morgan fingerprint density at radius 2 is 2.07 bits per heavy atom. The number of carbonyl (C=O) groups excluding carboxylic acids is 1. The van der Waals surface area contributed by atoms with Crippen LogP contribution in [0.15, 0.2) is 40.9 Å². The summed E-state index contributed by atoms with van der Waals surface area (Å²) >= 11 is 2.96. The number of hydrogen-bond donors (Lipinski definition) is 1. The highest BCUT2D eigenvalue weighted by molar-refractivity contribution is 7.99. The Morgan fingerprint density at radius 1 is 1.33 bits per heavy atom. The molecule has 0 aliphatic carbocycles. The summed E-state index contributed by atoms with van der Waals surface area (Å²) in [5.41, 5.74) is 1.52. The van der Waals surface area contributed by atoms with Gasteiger partial charge in [-0.1, -0.05) is 11.8 Å². The first-order valence-corrected chi connectivity index (χ1v) is 10.00. The largest absolute Gasteiger partial charge is 0.325 e. The minimum absolute atomic E-state index is 0.0189. The van der Waals surface area contributed by atoms with Crippen LogP contribution in [0.1, 0.15) is 11.8 Å². The van der Waals surface area contributed by atoms with Crippen LogP contribution in [0.5, 0.6) is 0 Å². The van der Waals surface area contributed by atoms with Crippen molar-refractivity contribution in [2.45, 2.75) is 25.5 Å². The van der Waals surface area contributed by atoms with Crippen molar-refractivity contribution < 1.29 is 9.72 Å². The molecule has 0 radical (unpaired) electrons. The van der Waals surface area contributed by atoms with Crippen LogP contribution in [0.25, 0.3) is 11.4 Å². The summed E-state index contributed by atoms with van der Waals surface area (Å²) in [6, 6.07) is 7.78. The standard InChI is InChI=1S/C17H17N5O3S2/c1-3-21-16(12-8-11(2)26-9-12)19-20-17(21)27-10-15(23)18-13-4-6-14(7-5-13)22(24)25/h4-9H,3,10H2,1-2H3,(H,18,23). The van der Waals surface area contributed by atoms with Gasteiger partial charge in [0.15, 0.2) is 11.0 Å². The summed E-state index contributed by atoms with van der Waals surface area (Å²) in [6.45, 7) is 4.75. The molecule has 0 aliphatic heterocycles. The van der Waals surface area contributed by atoms with Crippen molar-refractivity contribution in [1.29, 1.82) is 0 Å². The van der Waals surface area contributed by atoms with Gasteiger partial charge in [0.25, 0.3) is 5.69 Å². The zero-order chi connectivity index (χ0) is 19.4. The van der Waals surface area contributed by atoms with E-state index in [4.69, 9.17) is 0 Å². The quantitative estimate of drug-likeness (QED) is 0.364. The lowest BCUT2D eigenvalue weighted by Crippen LogP contribution is -2.14. The van der Waals surface area contributed by atoms with Crippen LogP contribution in [0.2, 0.25) is 0 Å². The summed E-state index contributed by atoms with van der Waals surface area (Å²) in [5.74, 6) is 0.741. The van der Waals surface area contributed by atoms with E-state index < -0.39 is 4.92 Å². The molecule has 0 unspecified atom stereocenters. The number of non-ortho nitro benzene ring substituents is 1. The number of thioether (sulfide) groups is 1. The predicted octanol–water partition coefficient (Wildman–Crippen LogP) is 3.97. The Balaban J connectivity index is 1.63. The smallest absolute Gasteiger partial charge is 0.269 e. The van der Waals surface area contributed by atoms with E-state index in [0.29, 0.717) is 17.4 Å². The molecule has 0 atom stereocenters. The van der Waals surface area contributed by atoms with E-state index in [2.05, 4.69) is 21.6 Å². The monoisotopic (exact) mass is 403 g/mol. The molecule has 0 bridgehead atoms. The minimum atomic E-state index is -0.481. The van der Waals surface area contributed by atoms with Crippen LogP contribution in [-0.4, -0.2) is 31.3 Å². The van der Waals surface area contributed by atoms with Gasteiger partial charge in [-0.05, 0) is 32.0 Å². The van der Waals surface area contributed by atoms with Crippen molar-refractivity contribution in [3.8, 4) is 11.4 Å². The first-order chi connectivity index (χ1) is 13.0. The van der Waals surface area contributed by atoms with Crippen molar-refractivity contribution in [2.75, 3.05) is 11.1 Å². The van der Waals surface area contributed by atoms with Crippen molar-refractivity contribution in [3.63, 3.8) is 0 Å². The van der Waals surface area contributed by atoms with Crippen LogP contribution < -0.4 is 5.32 Å². The Kier molecular flexibility index (Phi) is 5.87. The molecule has 0 fully saturated rings. The molecule has 1 amide bonds. The van der Waals surface area contributed by atoms with Crippen LogP contribution in [0.4, 0.5) is 11.4 Å². The average Bonchev–Trinajstić information content (AvgIpc) is 3.25. The molecule has 0 spiro atoms. The minimum Gasteiger partial charge on any atom is -0.325 e. The van der Waals surface area contributed by atoms with Gasteiger partial charge < -0.3 is 9.88 Å². The first kappa shape index (κ1) is 19.1. The predicted molar refractivity (Wildman–Crippen MR) is 106 cm³/mol. The van der Waals surface area contributed by atoms with Crippen LogP contribution in [-0.2, 0) is 11.3 Å². The van der Waals surface area contributed by atoms with Crippen molar-refractivity contribution >= 4 is 40.4 Å². The normalized spacial score (nSPS) is 10.7. The number of hydrogen-bond acceptors (Lipinski definition) is 7. The Hall–Kier alpha value is -2.72. The lowest BCUT2D eigenvalue weighted by Gasteiger charge is -2.07. The summed E-state index contributed by atoms with van der Waals surface area (Å²) in [5, 5.41) is 24.6. The van der Waals surface area contributed by atoms with Crippen molar-refractivity contribution in [2.24, 2.45) is 0 Å². The molecule has 27 heavy (non-hydrogen) atoms. The van der Waals surface area contributed by atoms with E-state index in [-0.39, 0.29) is 17.3 Å². The van der Waals surface area contributed by atoms with E-state index in [0.717, 1.165) is 11.4 Å². The number of nitrogens with one attached hydrogen (secondary N) is 1. The molecule has 1 aromatic carbocycles. The second-order valence-electron chi connectivity index (χ2n) is 5.64. The number of nitro groups is 1. The fraction of sp³-hybridized carbons (Fsp3) is 0.235. The molecule has 2 heterocycles. The SMILES string of the molecule is CCn1c(SCC(=O)Nc2ccc([N+](=O)[O-])cc2)nnc1-c1csc(C)c1. The number of nitrogens with zero attached hydrogens (tertiary/aromatic N) is 4. The number of amides is 1. The highest BCUT2D eigenvalue weighted by Gasteiger charge is 2.15. The molecule has 1 N–H and O–H groups in total. The zero-order valence-electron chi connectivity index (χ0n) is 14.7. The molecule has 0 aliphatic rings. The van der Waals surface area contributed by atoms with E-state index in [1.807, 2.05) is 23.8 Å². The lowest BCUT2D eigenvalue weighted by molar-refractivity contribution is -0.384. The van der Waals surface area contributed by atoms with E-state index >= 15 is 0 Å². The summed E-state index contributed by atoms with van der Waals surface area (Å²) in [6.07, 6.45) is 0. The summed E-state index contributed by atoms with van der Waals surface area (Å²) < 4.78 is 1.98. The second kappa shape index (κ2) is 8.31. The van der Waals surface area contributed by atoms with Crippen LogP contribution >= 0.6 is 23.1 Å². The highest BCUT2D eigenvalue weighted by Crippen LogP contribution is 2.27. The van der Waals surface area contributed by atoms with Gasteiger partial charge in [0, 0.05) is 40.2 Å². The fourth-order valence-corrected chi connectivity index (χ4v) is 3.93. The van der Waals surface area contributed by atoms with Gasteiger partial charge in [-0.3, -0.25) is 14.9 Å². The number of rotatable bonds is 7. The van der Waals surface area contributed by atoms with Gasteiger partial charge in [-0.25, -0.2) is 0 Å². The summed E-state index contributed by atoms with van der Waals surface area (Å²) in [4.78, 5) is 23.5. The molecule has 2 aromatic heterocycles. The zero-order valence-corrected chi connectivity index (χ0v) is 16.3. The Labute approximate surface area is 163 Å². The third kappa shape index (κ3) is 4.52. The molecule has 140 valence electrons. The maximum atomic E-state index is 12.2. The molecule has 3 rings (SSSR count). The van der Waals surface area contributed by atoms with E-state index in [9.17, 15) is 14.9 Å². The summed E-state index contributed by atoms with van der Waals surface area (Å²) in [7, 11) is 0. The van der Waals surface area contributed by atoms with Gasteiger partial charge >= 0.3 is 0 Å². The van der Waals surface area contributed by atoms with Gasteiger partial charge in [0.1, 0.15) is 0 Å². The van der Waals surface area contributed by atoms with E-state index in [1.54, 1.807) is 11.3 Å². The van der Waals surface area contributed by atoms with Gasteiger partial charge in [-0.15, -0.1) is 21.5 Å². The molecule has 0 saturated carbocycles.